The first kappa shape index (κ1) is 14.0. The van der Waals surface area contributed by atoms with Gasteiger partial charge in [-0.2, -0.15) is 0 Å². The number of hydrogen-bond donors (Lipinski definition) is 1. The molecule has 2 nitrogen and oxygen atoms in total. The maximum Gasteiger partial charge on any atom is 0.0483 e. The highest BCUT2D eigenvalue weighted by Gasteiger charge is 2.24. The molecule has 0 unspecified atom stereocenters. The lowest BCUT2D eigenvalue weighted by Gasteiger charge is -2.31. The fourth-order valence-electron chi connectivity index (χ4n) is 2.48. The molecule has 1 aliphatic rings. The van der Waals surface area contributed by atoms with Crippen LogP contribution in [0.25, 0.3) is 0 Å². The van der Waals surface area contributed by atoms with Gasteiger partial charge in [0.25, 0.3) is 0 Å². The molecule has 0 aliphatic heterocycles. The van der Waals surface area contributed by atoms with Crippen LogP contribution in [0.2, 0.25) is 0 Å². The number of rotatable bonds is 6. The molecule has 1 fully saturated rings. The molecule has 0 heterocycles. The van der Waals surface area contributed by atoms with E-state index < -0.39 is 0 Å². The van der Waals surface area contributed by atoms with E-state index >= 15 is 0 Å². The van der Waals surface area contributed by atoms with E-state index in [2.05, 4.69) is 6.92 Å². The Morgan fingerprint density at radius 2 is 1.62 bits per heavy atom. The van der Waals surface area contributed by atoms with Crippen molar-refractivity contribution in [2.45, 2.75) is 76.7 Å². The first-order valence-corrected chi connectivity index (χ1v) is 7.13. The van der Waals surface area contributed by atoms with E-state index in [1.807, 2.05) is 0 Å². The van der Waals surface area contributed by atoms with Crippen LogP contribution in [0.4, 0.5) is 0 Å². The average molecular weight is 227 g/mol. The molecule has 0 amide bonds. The Morgan fingerprint density at radius 1 is 1.00 bits per heavy atom. The van der Waals surface area contributed by atoms with Gasteiger partial charge in [0.1, 0.15) is 0 Å². The normalized spacial score (nSPS) is 21.4. The van der Waals surface area contributed by atoms with E-state index in [1.54, 1.807) is 0 Å². The second kappa shape index (κ2) is 8.08. The van der Waals surface area contributed by atoms with Crippen LogP contribution in [0.15, 0.2) is 0 Å². The summed E-state index contributed by atoms with van der Waals surface area (Å²) in [6, 6.07) is 0. The van der Waals surface area contributed by atoms with Gasteiger partial charge in [0.2, 0.25) is 0 Å². The van der Waals surface area contributed by atoms with E-state index in [4.69, 9.17) is 10.5 Å². The third-order valence-corrected chi connectivity index (χ3v) is 3.74. The summed E-state index contributed by atoms with van der Waals surface area (Å²) < 4.78 is 5.63. The van der Waals surface area contributed by atoms with Gasteiger partial charge in [-0.1, -0.05) is 45.4 Å². The minimum Gasteiger partial charge on any atom is -0.381 e. The molecule has 1 aliphatic carbocycles. The van der Waals surface area contributed by atoms with Crippen molar-refractivity contribution in [3.05, 3.63) is 0 Å². The van der Waals surface area contributed by atoms with Crippen LogP contribution < -0.4 is 5.73 Å². The van der Waals surface area contributed by atoms with Gasteiger partial charge in [-0.05, 0) is 25.7 Å². The molecule has 0 radical (unpaired) electrons. The molecule has 0 aromatic rings. The van der Waals surface area contributed by atoms with Crippen molar-refractivity contribution in [3.8, 4) is 0 Å². The fourth-order valence-corrected chi connectivity index (χ4v) is 2.48. The minimum absolute atomic E-state index is 0.0760. The predicted molar refractivity (Wildman–Crippen MR) is 69.6 cm³/mol. The Balaban J connectivity index is 2.15. The van der Waals surface area contributed by atoms with Crippen LogP contribution in [0, 0.1) is 0 Å². The molecule has 16 heavy (non-hydrogen) atoms. The predicted octanol–water partition coefficient (Wildman–Crippen LogP) is 3.64. The quantitative estimate of drug-likeness (QED) is 0.703. The molecule has 0 aromatic heterocycles. The largest absolute Gasteiger partial charge is 0.381 e. The highest BCUT2D eigenvalue weighted by molar-refractivity contribution is 4.84. The van der Waals surface area contributed by atoms with Gasteiger partial charge in [-0.3, -0.25) is 0 Å². The topological polar surface area (TPSA) is 35.2 Å². The minimum atomic E-state index is 0.0760. The molecule has 2 heteroatoms. The number of nitrogens with two attached hydrogens (primary N) is 1. The summed E-state index contributed by atoms with van der Waals surface area (Å²) in [4.78, 5) is 0. The van der Waals surface area contributed by atoms with Gasteiger partial charge >= 0.3 is 0 Å². The van der Waals surface area contributed by atoms with Crippen molar-refractivity contribution in [1.82, 2.24) is 0 Å². The zero-order chi connectivity index (χ0) is 11.7. The van der Waals surface area contributed by atoms with Crippen molar-refractivity contribution in [1.29, 1.82) is 0 Å². The van der Waals surface area contributed by atoms with Crippen LogP contribution in [-0.4, -0.2) is 18.8 Å². The summed E-state index contributed by atoms with van der Waals surface area (Å²) in [6.45, 7) is 3.96. The zero-order valence-corrected chi connectivity index (χ0v) is 11.0. The summed E-state index contributed by atoms with van der Waals surface area (Å²) in [7, 11) is 0. The van der Waals surface area contributed by atoms with Crippen LogP contribution in [0.1, 0.15) is 71.1 Å². The van der Waals surface area contributed by atoms with Crippen LogP contribution in [-0.2, 0) is 4.74 Å². The molecule has 0 bridgehead atoms. The smallest absolute Gasteiger partial charge is 0.0483 e. The fraction of sp³-hybridized carbons (Fsp3) is 1.00. The summed E-state index contributed by atoms with van der Waals surface area (Å²) in [5.41, 5.74) is 6.54. The summed E-state index contributed by atoms with van der Waals surface area (Å²) in [5, 5.41) is 0. The molecule has 1 rings (SSSR count). The number of ether oxygens (including phenoxy) is 1. The van der Waals surface area contributed by atoms with Crippen molar-refractivity contribution in [3.63, 3.8) is 0 Å². The Hall–Kier alpha value is -0.0800. The zero-order valence-electron chi connectivity index (χ0n) is 11.0. The second-order valence-electron chi connectivity index (χ2n) is 5.35. The van der Waals surface area contributed by atoms with Crippen molar-refractivity contribution < 1.29 is 4.74 Å². The molecule has 0 aromatic carbocycles. The van der Waals surface area contributed by atoms with Gasteiger partial charge in [-0.15, -0.1) is 0 Å². The standard InChI is InChI=1S/C14H29NO/c1-2-3-12-16-13-11-14(15)9-7-5-4-6-8-10-14/h2-13,15H2,1H3. The van der Waals surface area contributed by atoms with E-state index in [0.717, 1.165) is 19.6 Å². The molecular formula is C14H29NO. The van der Waals surface area contributed by atoms with E-state index in [0.29, 0.717) is 0 Å². The maximum atomic E-state index is 6.46. The highest BCUT2D eigenvalue weighted by Crippen LogP contribution is 2.26. The van der Waals surface area contributed by atoms with Crippen molar-refractivity contribution >= 4 is 0 Å². The van der Waals surface area contributed by atoms with Gasteiger partial charge in [0, 0.05) is 18.8 Å². The molecule has 1 saturated carbocycles. The van der Waals surface area contributed by atoms with E-state index in [-0.39, 0.29) is 5.54 Å². The molecule has 0 spiro atoms. The molecular weight excluding hydrogens is 198 g/mol. The Kier molecular flexibility index (Phi) is 7.06. The van der Waals surface area contributed by atoms with Crippen molar-refractivity contribution in [2.24, 2.45) is 5.73 Å². The number of hydrogen-bond acceptors (Lipinski definition) is 2. The molecule has 96 valence electrons. The van der Waals surface area contributed by atoms with Gasteiger partial charge in [0.05, 0.1) is 0 Å². The Bertz CT molecular complexity index is 162. The van der Waals surface area contributed by atoms with E-state index in [9.17, 15) is 0 Å². The molecule has 0 saturated heterocycles. The van der Waals surface area contributed by atoms with Gasteiger partial charge in [-0.25, -0.2) is 0 Å². The Morgan fingerprint density at radius 3 is 2.25 bits per heavy atom. The lowest BCUT2D eigenvalue weighted by atomic mass is 9.82. The van der Waals surface area contributed by atoms with Crippen LogP contribution >= 0.6 is 0 Å². The SMILES string of the molecule is CCCCOCCC1(N)CCCCCCC1. The monoisotopic (exact) mass is 227 g/mol. The highest BCUT2D eigenvalue weighted by atomic mass is 16.5. The van der Waals surface area contributed by atoms with Gasteiger partial charge in [0.15, 0.2) is 0 Å². The maximum absolute atomic E-state index is 6.46. The summed E-state index contributed by atoms with van der Waals surface area (Å²) >= 11 is 0. The van der Waals surface area contributed by atoms with E-state index in [1.165, 1.54) is 57.8 Å². The van der Waals surface area contributed by atoms with Crippen molar-refractivity contribution in [2.75, 3.05) is 13.2 Å². The van der Waals surface area contributed by atoms with Crippen LogP contribution in [0.3, 0.4) is 0 Å². The van der Waals surface area contributed by atoms with Gasteiger partial charge < -0.3 is 10.5 Å². The third-order valence-electron chi connectivity index (χ3n) is 3.74. The molecule has 2 N–H and O–H groups in total. The lowest BCUT2D eigenvalue weighted by molar-refractivity contribution is 0.105. The first-order valence-electron chi connectivity index (χ1n) is 7.13. The Labute approximate surface area is 101 Å². The summed E-state index contributed by atoms with van der Waals surface area (Å²) in [5.74, 6) is 0. The second-order valence-corrected chi connectivity index (χ2v) is 5.35. The molecule has 0 atom stereocenters. The average Bonchev–Trinajstić information content (AvgIpc) is 2.24. The summed E-state index contributed by atoms with van der Waals surface area (Å²) in [6.07, 6.45) is 12.6. The lowest BCUT2D eigenvalue weighted by Crippen LogP contribution is -2.41. The van der Waals surface area contributed by atoms with Crippen LogP contribution in [0.5, 0.6) is 0 Å². The third kappa shape index (κ3) is 5.86. The number of unbranched alkanes of at least 4 members (excludes halogenated alkanes) is 1. The first-order chi connectivity index (χ1) is 7.77.